The summed E-state index contributed by atoms with van der Waals surface area (Å²) in [6.45, 7) is 0. The van der Waals surface area contributed by atoms with Crippen molar-refractivity contribution >= 4 is 34.5 Å². The number of halogens is 3. The second-order valence-corrected chi connectivity index (χ2v) is 4.47. The molecule has 2 rings (SSSR count). The molecule has 0 amide bonds. The maximum atomic E-state index is 13.6. The van der Waals surface area contributed by atoms with E-state index in [-0.39, 0.29) is 10.9 Å². The van der Waals surface area contributed by atoms with Gasteiger partial charge in [-0.3, -0.25) is 0 Å². The summed E-state index contributed by atoms with van der Waals surface area (Å²) in [6.07, 6.45) is 0. The van der Waals surface area contributed by atoms with E-state index < -0.39 is 5.82 Å². The summed E-state index contributed by atoms with van der Waals surface area (Å²) in [7, 11) is 0. The van der Waals surface area contributed by atoms with Gasteiger partial charge in [-0.05, 0) is 12.1 Å². The zero-order valence-electron chi connectivity index (χ0n) is 7.38. The van der Waals surface area contributed by atoms with Gasteiger partial charge in [0.25, 0.3) is 0 Å². The van der Waals surface area contributed by atoms with Crippen molar-refractivity contribution < 1.29 is 4.39 Å². The van der Waals surface area contributed by atoms with Crippen LogP contribution in [-0.4, -0.2) is 10.2 Å². The van der Waals surface area contributed by atoms with Crippen molar-refractivity contribution in [3.63, 3.8) is 0 Å². The van der Waals surface area contributed by atoms with Crippen molar-refractivity contribution in [2.75, 3.05) is 0 Å². The first-order valence-electron chi connectivity index (χ1n) is 4.05. The average Bonchev–Trinajstić information content (AvgIpc) is 2.70. The number of hydrogen-bond donors (Lipinski definition) is 0. The van der Waals surface area contributed by atoms with Gasteiger partial charge in [-0.15, -0.1) is 21.8 Å². The maximum Gasteiger partial charge on any atom is 0.152 e. The van der Waals surface area contributed by atoms with Crippen LogP contribution in [0.4, 0.5) is 4.39 Å². The highest BCUT2D eigenvalue weighted by atomic mass is 35.5. The van der Waals surface area contributed by atoms with Crippen LogP contribution in [0.2, 0.25) is 5.02 Å². The van der Waals surface area contributed by atoms with Gasteiger partial charge in [-0.25, -0.2) is 4.39 Å². The van der Waals surface area contributed by atoms with Crippen LogP contribution in [0.5, 0.6) is 0 Å². The molecule has 0 saturated heterocycles. The lowest BCUT2D eigenvalue weighted by molar-refractivity contribution is 0.631. The predicted molar refractivity (Wildman–Crippen MR) is 59.9 cm³/mol. The molecule has 0 radical (unpaired) electrons. The summed E-state index contributed by atoms with van der Waals surface area (Å²) >= 11 is 12.5. The van der Waals surface area contributed by atoms with E-state index in [0.717, 1.165) is 0 Å². The normalized spacial score (nSPS) is 10.6. The quantitative estimate of drug-likeness (QED) is 0.771. The molecule has 0 spiro atoms. The molecule has 0 atom stereocenters. The van der Waals surface area contributed by atoms with E-state index in [1.54, 1.807) is 12.1 Å². The second-order valence-electron chi connectivity index (χ2n) is 2.74. The highest BCUT2D eigenvalue weighted by Gasteiger charge is 2.12. The van der Waals surface area contributed by atoms with Crippen molar-refractivity contribution in [2.45, 2.75) is 5.88 Å². The van der Waals surface area contributed by atoms with Crippen molar-refractivity contribution in [2.24, 2.45) is 0 Å². The van der Waals surface area contributed by atoms with Crippen LogP contribution < -0.4 is 0 Å². The molecule has 0 unspecified atom stereocenters. The fourth-order valence-corrected chi connectivity index (χ4v) is 2.19. The molecule has 0 saturated carbocycles. The molecule has 0 aliphatic rings. The summed E-state index contributed by atoms with van der Waals surface area (Å²) in [5.74, 6) is -0.198. The Morgan fingerprint density at radius 1 is 1.33 bits per heavy atom. The van der Waals surface area contributed by atoms with Gasteiger partial charge in [-0.1, -0.05) is 29.0 Å². The van der Waals surface area contributed by atoms with E-state index in [4.69, 9.17) is 23.2 Å². The summed E-state index contributed by atoms with van der Waals surface area (Å²) in [5.41, 5.74) is 0.358. The van der Waals surface area contributed by atoms with Crippen LogP contribution in [0.15, 0.2) is 18.2 Å². The first-order chi connectivity index (χ1) is 7.22. The van der Waals surface area contributed by atoms with Crippen molar-refractivity contribution in [1.29, 1.82) is 0 Å². The minimum atomic E-state index is -0.476. The molecular weight excluding hydrogens is 258 g/mol. The number of benzene rings is 1. The predicted octanol–water partition coefficient (Wildman–Crippen LogP) is 3.74. The van der Waals surface area contributed by atoms with Gasteiger partial charge in [0.05, 0.1) is 10.9 Å². The van der Waals surface area contributed by atoms with E-state index in [1.807, 2.05) is 0 Å². The fourth-order valence-electron chi connectivity index (χ4n) is 1.09. The number of aromatic nitrogens is 2. The number of rotatable bonds is 2. The van der Waals surface area contributed by atoms with Gasteiger partial charge in [0.15, 0.2) is 10.8 Å². The van der Waals surface area contributed by atoms with E-state index in [9.17, 15) is 4.39 Å². The third-order valence-electron chi connectivity index (χ3n) is 1.76. The summed E-state index contributed by atoms with van der Waals surface area (Å²) in [6, 6.07) is 4.77. The third-order valence-corrected chi connectivity index (χ3v) is 3.42. The largest absolute Gasteiger partial charge is 0.205 e. The molecule has 0 aliphatic heterocycles. The molecule has 1 aromatic carbocycles. The second kappa shape index (κ2) is 4.43. The minimum absolute atomic E-state index is 0.0788. The molecule has 15 heavy (non-hydrogen) atoms. The monoisotopic (exact) mass is 262 g/mol. The zero-order chi connectivity index (χ0) is 10.8. The Morgan fingerprint density at radius 2 is 2.13 bits per heavy atom. The summed E-state index contributed by atoms with van der Waals surface area (Å²) < 4.78 is 13.6. The fraction of sp³-hybridized carbons (Fsp3) is 0.111. The molecule has 0 bridgehead atoms. The van der Waals surface area contributed by atoms with Crippen molar-refractivity contribution in [1.82, 2.24) is 10.2 Å². The molecule has 1 heterocycles. The van der Waals surface area contributed by atoms with Crippen LogP contribution in [-0.2, 0) is 5.88 Å². The SMILES string of the molecule is Fc1c(Cl)cccc1-c1nnc(CCl)s1. The lowest BCUT2D eigenvalue weighted by Crippen LogP contribution is -1.84. The third kappa shape index (κ3) is 2.12. The highest BCUT2D eigenvalue weighted by Crippen LogP contribution is 2.29. The lowest BCUT2D eigenvalue weighted by Gasteiger charge is -1.98. The standard InChI is InChI=1S/C9H5Cl2FN2S/c10-4-7-13-14-9(15-7)5-2-1-3-6(11)8(5)12/h1-3H,4H2. The van der Waals surface area contributed by atoms with Gasteiger partial charge in [-0.2, -0.15) is 0 Å². The molecule has 2 aromatic rings. The smallest absolute Gasteiger partial charge is 0.152 e. The van der Waals surface area contributed by atoms with Crippen LogP contribution in [0.3, 0.4) is 0 Å². The molecule has 0 aliphatic carbocycles. The average molecular weight is 263 g/mol. The molecular formula is C9H5Cl2FN2S. The van der Waals surface area contributed by atoms with Gasteiger partial charge in [0, 0.05) is 5.56 Å². The van der Waals surface area contributed by atoms with Gasteiger partial charge in [0.2, 0.25) is 0 Å². The topological polar surface area (TPSA) is 25.8 Å². The first-order valence-corrected chi connectivity index (χ1v) is 5.78. The van der Waals surface area contributed by atoms with E-state index in [1.165, 1.54) is 17.4 Å². The first kappa shape index (κ1) is 10.8. The molecule has 2 nitrogen and oxygen atoms in total. The number of alkyl halides is 1. The van der Waals surface area contributed by atoms with Gasteiger partial charge >= 0.3 is 0 Å². The molecule has 0 fully saturated rings. The lowest BCUT2D eigenvalue weighted by atomic mass is 10.2. The Hall–Kier alpha value is -0.710. The van der Waals surface area contributed by atoms with Crippen LogP contribution in [0, 0.1) is 5.82 Å². The van der Waals surface area contributed by atoms with E-state index >= 15 is 0 Å². The summed E-state index contributed by atoms with van der Waals surface area (Å²) in [5, 5.41) is 8.88. The molecule has 0 N–H and O–H groups in total. The van der Waals surface area contributed by atoms with E-state index in [0.29, 0.717) is 15.6 Å². The maximum absolute atomic E-state index is 13.6. The number of hydrogen-bond acceptors (Lipinski definition) is 3. The minimum Gasteiger partial charge on any atom is -0.205 e. The van der Waals surface area contributed by atoms with Crippen molar-refractivity contribution in [3.8, 4) is 10.6 Å². The number of nitrogens with zero attached hydrogens (tertiary/aromatic N) is 2. The van der Waals surface area contributed by atoms with Crippen LogP contribution in [0.25, 0.3) is 10.6 Å². The Morgan fingerprint density at radius 3 is 2.80 bits per heavy atom. The van der Waals surface area contributed by atoms with Crippen molar-refractivity contribution in [3.05, 3.63) is 34.0 Å². The van der Waals surface area contributed by atoms with Gasteiger partial charge < -0.3 is 0 Å². The Bertz CT molecular complexity index is 487. The molecule has 78 valence electrons. The Kier molecular flexibility index (Phi) is 3.19. The molecule has 1 aromatic heterocycles. The zero-order valence-corrected chi connectivity index (χ0v) is 9.70. The Labute approximate surface area is 99.7 Å². The van der Waals surface area contributed by atoms with Crippen LogP contribution >= 0.6 is 34.5 Å². The highest BCUT2D eigenvalue weighted by molar-refractivity contribution is 7.14. The van der Waals surface area contributed by atoms with Crippen LogP contribution in [0.1, 0.15) is 5.01 Å². The Balaban J connectivity index is 2.49. The van der Waals surface area contributed by atoms with Gasteiger partial charge in [0.1, 0.15) is 5.01 Å². The van der Waals surface area contributed by atoms with E-state index in [2.05, 4.69) is 10.2 Å². The summed E-state index contributed by atoms with van der Waals surface area (Å²) in [4.78, 5) is 0. The molecule has 6 heteroatoms.